The smallest absolute Gasteiger partial charge is 0.191 e. The van der Waals surface area contributed by atoms with Gasteiger partial charge in [-0.15, -0.1) is 24.0 Å². The van der Waals surface area contributed by atoms with Crippen molar-refractivity contribution in [3.05, 3.63) is 47.8 Å². The third-order valence-corrected chi connectivity index (χ3v) is 3.83. The fourth-order valence-electron chi connectivity index (χ4n) is 2.40. The average molecular weight is 443 g/mol. The molecule has 1 aromatic carbocycles. The number of guanidine groups is 1. The second kappa shape index (κ2) is 10.2. The number of methoxy groups -OCH3 is 1. The molecule has 0 aliphatic heterocycles. The summed E-state index contributed by atoms with van der Waals surface area (Å²) in [6.45, 7) is 3.61. The summed E-state index contributed by atoms with van der Waals surface area (Å²) < 4.78 is 7.27. The minimum atomic E-state index is 0. The Morgan fingerprint density at radius 1 is 1.29 bits per heavy atom. The SMILES string of the molecule is CN=C(NCc1ccnn1C)NCC(C)c1ccccc1OC.I. The summed E-state index contributed by atoms with van der Waals surface area (Å²) >= 11 is 0. The van der Waals surface area contributed by atoms with Gasteiger partial charge in [-0.25, -0.2) is 0 Å². The number of halogens is 1. The monoisotopic (exact) mass is 443 g/mol. The molecule has 0 aliphatic carbocycles. The molecule has 2 rings (SSSR count). The van der Waals surface area contributed by atoms with Gasteiger partial charge in [0.1, 0.15) is 5.75 Å². The zero-order valence-electron chi connectivity index (χ0n) is 14.6. The molecule has 0 bridgehead atoms. The molecule has 132 valence electrons. The molecule has 6 nitrogen and oxygen atoms in total. The van der Waals surface area contributed by atoms with Crippen LogP contribution in [0.3, 0.4) is 0 Å². The Labute approximate surface area is 160 Å². The maximum atomic E-state index is 5.43. The van der Waals surface area contributed by atoms with E-state index < -0.39 is 0 Å². The molecule has 0 radical (unpaired) electrons. The van der Waals surface area contributed by atoms with Crippen molar-refractivity contribution < 1.29 is 4.74 Å². The van der Waals surface area contributed by atoms with Crippen molar-refractivity contribution in [2.45, 2.75) is 19.4 Å². The van der Waals surface area contributed by atoms with Gasteiger partial charge in [-0.05, 0) is 17.7 Å². The van der Waals surface area contributed by atoms with Crippen LogP contribution in [0.15, 0.2) is 41.5 Å². The van der Waals surface area contributed by atoms with Gasteiger partial charge in [-0.2, -0.15) is 5.10 Å². The van der Waals surface area contributed by atoms with Crippen LogP contribution in [0.25, 0.3) is 0 Å². The Morgan fingerprint density at radius 2 is 2.04 bits per heavy atom. The van der Waals surface area contributed by atoms with Gasteiger partial charge in [0, 0.05) is 32.8 Å². The van der Waals surface area contributed by atoms with Crippen molar-refractivity contribution in [1.82, 2.24) is 20.4 Å². The summed E-state index contributed by atoms with van der Waals surface area (Å²) in [4.78, 5) is 4.26. The molecule has 1 unspecified atom stereocenters. The molecule has 1 atom stereocenters. The molecule has 0 saturated heterocycles. The predicted molar refractivity (Wildman–Crippen MR) is 108 cm³/mol. The first-order chi connectivity index (χ1) is 11.2. The molecular formula is C17H26IN5O. The Hall–Kier alpha value is -1.77. The molecule has 1 aromatic heterocycles. The van der Waals surface area contributed by atoms with E-state index in [1.807, 2.05) is 36.0 Å². The number of aryl methyl sites for hydroxylation is 1. The Bertz CT molecular complexity index is 656. The molecule has 0 spiro atoms. The maximum absolute atomic E-state index is 5.43. The highest BCUT2D eigenvalue weighted by Gasteiger charge is 2.11. The lowest BCUT2D eigenvalue weighted by Crippen LogP contribution is -2.39. The van der Waals surface area contributed by atoms with Gasteiger partial charge in [0.25, 0.3) is 0 Å². The normalized spacial score (nSPS) is 12.2. The number of para-hydroxylation sites is 1. The Balaban J connectivity index is 0.00000288. The number of aromatic nitrogens is 2. The van der Waals surface area contributed by atoms with Crippen molar-refractivity contribution in [3.63, 3.8) is 0 Å². The zero-order valence-corrected chi connectivity index (χ0v) is 16.9. The molecular weight excluding hydrogens is 417 g/mol. The van der Waals surface area contributed by atoms with E-state index in [4.69, 9.17) is 4.74 Å². The molecule has 0 saturated carbocycles. The van der Waals surface area contributed by atoms with Crippen molar-refractivity contribution in [1.29, 1.82) is 0 Å². The number of ether oxygens (including phenoxy) is 1. The largest absolute Gasteiger partial charge is 0.496 e. The van der Waals surface area contributed by atoms with Gasteiger partial charge in [-0.3, -0.25) is 9.67 Å². The van der Waals surface area contributed by atoms with Crippen LogP contribution in [0.1, 0.15) is 24.1 Å². The summed E-state index contributed by atoms with van der Waals surface area (Å²) in [5, 5.41) is 10.8. The van der Waals surface area contributed by atoms with Crippen LogP contribution in [0, 0.1) is 0 Å². The van der Waals surface area contributed by atoms with Crippen LogP contribution in [0.4, 0.5) is 0 Å². The third-order valence-electron chi connectivity index (χ3n) is 3.83. The van der Waals surface area contributed by atoms with E-state index in [1.54, 1.807) is 20.4 Å². The minimum Gasteiger partial charge on any atom is -0.496 e. The Kier molecular flexibility index (Phi) is 8.59. The number of hydrogen-bond donors (Lipinski definition) is 2. The zero-order chi connectivity index (χ0) is 16.7. The van der Waals surface area contributed by atoms with Gasteiger partial charge < -0.3 is 15.4 Å². The van der Waals surface area contributed by atoms with Crippen molar-refractivity contribution in [3.8, 4) is 5.75 Å². The second-order valence-electron chi connectivity index (χ2n) is 5.40. The van der Waals surface area contributed by atoms with Crippen molar-refractivity contribution in [2.24, 2.45) is 12.0 Å². The van der Waals surface area contributed by atoms with E-state index in [0.717, 1.165) is 23.9 Å². The van der Waals surface area contributed by atoms with E-state index in [-0.39, 0.29) is 24.0 Å². The molecule has 0 amide bonds. The van der Waals surface area contributed by atoms with E-state index in [1.165, 1.54) is 5.56 Å². The highest BCUT2D eigenvalue weighted by molar-refractivity contribution is 14.0. The predicted octanol–water partition coefficient (Wildman–Crippen LogP) is 2.52. The summed E-state index contributed by atoms with van der Waals surface area (Å²) in [6.07, 6.45) is 1.79. The fraction of sp³-hybridized carbons (Fsp3) is 0.412. The lowest BCUT2D eigenvalue weighted by Gasteiger charge is -2.18. The number of aliphatic imine (C=N–C) groups is 1. The van der Waals surface area contributed by atoms with Gasteiger partial charge in [0.05, 0.1) is 19.3 Å². The maximum Gasteiger partial charge on any atom is 0.191 e. The summed E-state index contributed by atoms with van der Waals surface area (Å²) in [5.74, 6) is 1.99. The lowest BCUT2D eigenvalue weighted by molar-refractivity contribution is 0.406. The minimum absolute atomic E-state index is 0. The number of nitrogens with zero attached hydrogens (tertiary/aromatic N) is 3. The van der Waals surface area contributed by atoms with Crippen LogP contribution >= 0.6 is 24.0 Å². The topological polar surface area (TPSA) is 63.5 Å². The highest BCUT2D eigenvalue weighted by atomic mass is 127. The Morgan fingerprint density at radius 3 is 2.67 bits per heavy atom. The fourth-order valence-corrected chi connectivity index (χ4v) is 2.40. The molecule has 24 heavy (non-hydrogen) atoms. The van der Waals surface area contributed by atoms with E-state index in [0.29, 0.717) is 12.5 Å². The van der Waals surface area contributed by atoms with E-state index in [9.17, 15) is 0 Å². The first-order valence-electron chi connectivity index (χ1n) is 7.70. The number of rotatable bonds is 6. The summed E-state index contributed by atoms with van der Waals surface area (Å²) in [7, 11) is 5.40. The summed E-state index contributed by atoms with van der Waals surface area (Å²) in [5.41, 5.74) is 2.29. The van der Waals surface area contributed by atoms with E-state index in [2.05, 4.69) is 33.7 Å². The second-order valence-corrected chi connectivity index (χ2v) is 5.40. The first kappa shape index (κ1) is 20.3. The number of hydrogen-bond acceptors (Lipinski definition) is 3. The van der Waals surface area contributed by atoms with Crippen LogP contribution < -0.4 is 15.4 Å². The number of benzene rings is 1. The van der Waals surface area contributed by atoms with Gasteiger partial charge in [0.2, 0.25) is 0 Å². The third kappa shape index (κ3) is 5.40. The molecule has 1 heterocycles. The molecule has 0 aliphatic rings. The molecule has 0 fully saturated rings. The lowest BCUT2D eigenvalue weighted by atomic mass is 10.0. The number of nitrogens with one attached hydrogen (secondary N) is 2. The molecule has 2 aromatic rings. The van der Waals surface area contributed by atoms with Crippen LogP contribution in [0.5, 0.6) is 5.75 Å². The average Bonchev–Trinajstić information content (AvgIpc) is 2.99. The van der Waals surface area contributed by atoms with Gasteiger partial charge in [-0.1, -0.05) is 25.1 Å². The molecule has 7 heteroatoms. The van der Waals surface area contributed by atoms with Crippen LogP contribution in [0.2, 0.25) is 0 Å². The van der Waals surface area contributed by atoms with Crippen molar-refractivity contribution >= 4 is 29.9 Å². The quantitative estimate of drug-likeness (QED) is 0.409. The summed E-state index contributed by atoms with van der Waals surface area (Å²) in [6, 6.07) is 10.1. The van der Waals surface area contributed by atoms with Crippen molar-refractivity contribution in [2.75, 3.05) is 20.7 Å². The van der Waals surface area contributed by atoms with Crippen LogP contribution in [-0.2, 0) is 13.6 Å². The van der Waals surface area contributed by atoms with E-state index >= 15 is 0 Å². The van der Waals surface area contributed by atoms with Gasteiger partial charge in [0.15, 0.2) is 5.96 Å². The highest BCUT2D eigenvalue weighted by Crippen LogP contribution is 2.25. The van der Waals surface area contributed by atoms with Gasteiger partial charge >= 0.3 is 0 Å². The first-order valence-corrected chi connectivity index (χ1v) is 7.70. The van der Waals surface area contributed by atoms with Crippen LogP contribution in [-0.4, -0.2) is 36.4 Å². The standard InChI is InChI=1S/C17H25N5O.HI/c1-13(15-7-5-6-8-16(15)23-4)11-19-17(18-2)20-12-14-9-10-21-22(14)3;/h5-10,13H,11-12H2,1-4H3,(H2,18,19,20);1H. The molecule has 2 N–H and O–H groups in total.